The van der Waals surface area contributed by atoms with Crippen molar-refractivity contribution < 1.29 is 23.1 Å². The molecule has 1 aromatic heterocycles. The Morgan fingerprint density at radius 1 is 1.50 bits per heavy atom. The van der Waals surface area contributed by atoms with E-state index in [1.165, 1.54) is 24.7 Å². The number of hydrogen-bond donors (Lipinski definition) is 3. The molecule has 0 aliphatic heterocycles. The Bertz CT molecular complexity index is 589. The van der Waals surface area contributed by atoms with Crippen LogP contribution in [0.3, 0.4) is 0 Å². The number of aliphatic carboxylic acids is 1. The van der Waals surface area contributed by atoms with Crippen LogP contribution in [-0.2, 0) is 21.9 Å². The van der Waals surface area contributed by atoms with Crippen LogP contribution in [0.1, 0.15) is 17.4 Å². The molecular weight excluding hydrogens is 262 g/mol. The van der Waals surface area contributed by atoms with Crippen LogP contribution in [-0.4, -0.2) is 36.0 Å². The van der Waals surface area contributed by atoms with Crippen LogP contribution in [0.5, 0.6) is 0 Å². The van der Waals surface area contributed by atoms with Gasteiger partial charge in [-0.1, -0.05) is 0 Å². The Morgan fingerprint density at radius 3 is 2.44 bits per heavy atom. The average molecular weight is 275 g/mol. The van der Waals surface area contributed by atoms with Crippen molar-refractivity contribution in [2.75, 3.05) is 0 Å². The van der Waals surface area contributed by atoms with Crippen molar-refractivity contribution >= 4 is 21.9 Å². The number of amides is 1. The number of hydrogen-bond acceptors (Lipinski definition) is 4. The van der Waals surface area contributed by atoms with Crippen LogP contribution in [0, 0.1) is 0 Å². The van der Waals surface area contributed by atoms with E-state index in [0.29, 0.717) is 0 Å². The van der Waals surface area contributed by atoms with Crippen LogP contribution in [0.2, 0.25) is 0 Å². The van der Waals surface area contributed by atoms with Gasteiger partial charge in [-0.05, 0) is 13.0 Å². The molecule has 0 saturated carbocycles. The number of rotatable bonds is 5. The van der Waals surface area contributed by atoms with Gasteiger partial charge in [-0.3, -0.25) is 9.59 Å². The van der Waals surface area contributed by atoms with Gasteiger partial charge in [0, 0.05) is 13.2 Å². The van der Waals surface area contributed by atoms with Gasteiger partial charge in [-0.2, -0.15) is 4.72 Å². The van der Waals surface area contributed by atoms with Crippen molar-refractivity contribution in [3.05, 3.63) is 18.0 Å². The molecule has 1 rings (SSSR count). The lowest BCUT2D eigenvalue weighted by atomic mass is 10.4. The number of aryl methyl sites for hydroxylation is 1. The van der Waals surface area contributed by atoms with Crippen molar-refractivity contribution in [3.8, 4) is 0 Å². The Labute approximate surface area is 103 Å². The van der Waals surface area contributed by atoms with E-state index in [4.69, 9.17) is 10.8 Å². The summed E-state index contributed by atoms with van der Waals surface area (Å²) in [6.07, 6.45) is 1.18. The van der Waals surface area contributed by atoms with Crippen LogP contribution >= 0.6 is 0 Å². The van der Waals surface area contributed by atoms with Gasteiger partial charge in [0.1, 0.15) is 16.6 Å². The largest absolute Gasteiger partial charge is 0.480 e. The zero-order valence-corrected chi connectivity index (χ0v) is 10.6. The molecule has 18 heavy (non-hydrogen) atoms. The number of aromatic nitrogens is 1. The fourth-order valence-corrected chi connectivity index (χ4v) is 2.54. The lowest BCUT2D eigenvalue weighted by molar-refractivity contribution is -0.138. The summed E-state index contributed by atoms with van der Waals surface area (Å²) in [4.78, 5) is 21.4. The SMILES string of the molecule is C[C@@H](NS(=O)(=O)c1cc(C(N)=O)n(C)c1)C(=O)O. The molecule has 0 saturated heterocycles. The summed E-state index contributed by atoms with van der Waals surface area (Å²) >= 11 is 0. The molecule has 0 unspecified atom stereocenters. The zero-order valence-electron chi connectivity index (χ0n) is 9.75. The molecule has 1 heterocycles. The maximum absolute atomic E-state index is 11.8. The van der Waals surface area contributed by atoms with Gasteiger partial charge >= 0.3 is 5.97 Å². The van der Waals surface area contributed by atoms with Crippen LogP contribution in [0.15, 0.2) is 17.2 Å². The Hall–Kier alpha value is -1.87. The molecule has 8 nitrogen and oxygen atoms in total. The highest BCUT2D eigenvalue weighted by atomic mass is 32.2. The van der Waals surface area contributed by atoms with Gasteiger partial charge in [-0.15, -0.1) is 0 Å². The van der Waals surface area contributed by atoms with E-state index < -0.39 is 27.9 Å². The molecule has 0 aliphatic carbocycles. The highest BCUT2D eigenvalue weighted by molar-refractivity contribution is 7.89. The van der Waals surface area contributed by atoms with E-state index in [2.05, 4.69) is 0 Å². The van der Waals surface area contributed by atoms with Crippen LogP contribution < -0.4 is 10.5 Å². The summed E-state index contributed by atoms with van der Waals surface area (Å²) < 4.78 is 26.8. The normalized spacial score (nSPS) is 13.2. The minimum Gasteiger partial charge on any atom is -0.480 e. The Balaban J connectivity index is 3.10. The van der Waals surface area contributed by atoms with E-state index in [1.807, 2.05) is 4.72 Å². The number of carboxylic acid groups (broad SMARTS) is 1. The lowest BCUT2D eigenvalue weighted by Crippen LogP contribution is -2.38. The summed E-state index contributed by atoms with van der Waals surface area (Å²) in [6.45, 7) is 1.19. The molecule has 0 aromatic carbocycles. The molecule has 1 atom stereocenters. The number of nitrogens with one attached hydrogen (secondary N) is 1. The predicted octanol–water partition coefficient (Wildman–Crippen LogP) is -1.12. The molecule has 4 N–H and O–H groups in total. The highest BCUT2D eigenvalue weighted by Crippen LogP contribution is 2.13. The third kappa shape index (κ3) is 2.87. The lowest BCUT2D eigenvalue weighted by Gasteiger charge is -2.08. The van der Waals surface area contributed by atoms with Crippen LogP contribution in [0.4, 0.5) is 0 Å². The van der Waals surface area contributed by atoms with Crippen molar-refractivity contribution in [2.24, 2.45) is 12.8 Å². The number of sulfonamides is 1. The molecule has 100 valence electrons. The predicted molar refractivity (Wildman–Crippen MR) is 61.4 cm³/mol. The van der Waals surface area contributed by atoms with Crippen LogP contribution in [0.25, 0.3) is 0 Å². The smallest absolute Gasteiger partial charge is 0.321 e. The fourth-order valence-electron chi connectivity index (χ4n) is 1.28. The van der Waals surface area contributed by atoms with Crippen molar-refractivity contribution in [2.45, 2.75) is 17.9 Å². The summed E-state index contributed by atoms with van der Waals surface area (Å²) in [6, 6.07) is -0.189. The summed E-state index contributed by atoms with van der Waals surface area (Å²) in [5, 5.41) is 8.63. The third-order valence-corrected chi connectivity index (χ3v) is 3.75. The zero-order chi connectivity index (χ0) is 14.1. The summed E-state index contributed by atoms with van der Waals surface area (Å²) in [7, 11) is -2.54. The molecule has 1 amide bonds. The Kier molecular flexibility index (Phi) is 3.77. The first-order valence-corrected chi connectivity index (χ1v) is 6.35. The van der Waals surface area contributed by atoms with E-state index in [0.717, 1.165) is 6.07 Å². The average Bonchev–Trinajstić information content (AvgIpc) is 2.60. The number of primary amides is 1. The molecule has 1 aromatic rings. The van der Waals surface area contributed by atoms with Gasteiger partial charge in [0.15, 0.2) is 0 Å². The highest BCUT2D eigenvalue weighted by Gasteiger charge is 2.24. The molecule has 0 aliphatic rings. The van der Waals surface area contributed by atoms with E-state index in [9.17, 15) is 18.0 Å². The molecule has 0 spiro atoms. The fraction of sp³-hybridized carbons (Fsp3) is 0.333. The monoisotopic (exact) mass is 275 g/mol. The first kappa shape index (κ1) is 14.2. The second-order valence-electron chi connectivity index (χ2n) is 3.72. The molecule has 9 heteroatoms. The number of carboxylic acids is 1. The first-order chi connectivity index (χ1) is 8.15. The van der Waals surface area contributed by atoms with Crippen molar-refractivity contribution in [1.29, 1.82) is 0 Å². The minimum absolute atomic E-state index is 0.0124. The second-order valence-corrected chi connectivity index (χ2v) is 5.43. The van der Waals surface area contributed by atoms with Gasteiger partial charge in [0.2, 0.25) is 10.0 Å². The van der Waals surface area contributed by atoms with Crippen molar-refractivity contribution in [1.82, 2.24) is 9.29 Å². The maximum atomic E-state index is 11.8. The minimum atomic E-state index is -4.00. The standard InChI is InChI=1S/C9H13N3O5S/c1-5(9(14)15)11-18(16,17)6-3-7(8(10)13)12(2)4-6/h3-5,11H,1-2H3,(H2,10,13)(H,14,15)/t5-/m1/s1. The molecule has 0 bridgehead atoms. The van der Waals surface area contributed by atoms with E-state index in [1.54, 1.807) is 0 Å². The molecule has 0 fully saturated rings. The first-order valence-electron chi connectivity index (χ1n) is 4.86. The number of nitrogens with zero attached hydrogens (tertiary/aromatic N) is 1. The van der Waals surface area contributed by atoms with E-state index >= 15 is 0 Å². The summed E-state index contributed by atoms with van der Waals surface area (Å²) in [5.41, 5.74) is 5.06. The molecule has 0 radical (unpaired) electrons. The number of nitrogens with two attached hydrogens (primary N) is 1. The quantitative estimate of drug-likeness (QED) is 0.626. The van der Waals surface area contributed by atoms with Crippen molar-refractivity contribution in [3.63, 3.8) is 0 Å². The maximum Gasteiger partial charge on any atom is 0.321 e. The van der Waals surface area contributed by atoms with Gasteiger partial charge in [0.05, 0.1) is 0 Å². The third-order valence-electron chi connectivity index (χ3n) is 2.24. The van der Waals surface area contributed by atoms with Gasteiger partial charge in [0.25, 0.3) is 5.91 Å². The molecular formula is C9H13N3O5S. The topological polar surface area (TPSA) is 131 Å². The van der Waals surface area contributed by atoms with E-state index in [-0.39, 0.29) is 10.6 Å². The second kappa shape index (κ2) is 4.78. The number of carbonyl (C=O) groups is 2. The van der Waals surface area contributed by atoms with Gasteiger partial charge in [-0.25, -0.2) is 8.42 Å². The number of carbonyl (C=O) groups excluding carboxylic acids is 1. The Morgan fingerprint density at radius 2 is 2.06 bits per heavy atom. The van der Waals surface area contributed by atoms with Gasteiger partial charge < -0.3 is 15.4 Å². The summed E-state index contributed by atoms with van der Waals surface area (Å²) in [5.74, 6) is -2.07.